The van der Waals surface area contributed by atoms with Gasteiger partial charge in [0.15, 0.2) is 18.7 Å². The fourth-order valence-electron chi connectivity index (χ4n) is 11.0. The van der Waals surface area contributed by atoms with E-state index >= 15 is 0 Å². The second-order valence-electron chi connectivity index (χ2n) is 17.6. The second-order valence-corrected chi connectivity index (χ2v) is 17.6. The fourth-order valence-corrected chi connectivity index (χ4v) is 11.0. The lowest BCUT2D eigenvalue weighted by Crippen LogP contribution is -2.67. The highest BCUT2D eigenvalue weighted by atomic mass is 16.8. The summed E-state index contributed by atoms with van der Waals surface area (Å²) in [5.41, 5.74) is -0.632. The normalized spacial score (nSPS) is 52.1. The van der Waals surface area contributed by atoms with Gasteiger partial charge in [-0.15, -0.1) is 0 Å². The van der Waals surface area contributed by atoms with Crippen molar-refractivity contribution in [1.29, 1.82) is 0 Å². The monoisotopic (exact) mass is 790 g/mol. The molecule has 3 aliphatic carbocycles. The molecule has 0 bridgehead atoms. The Morgan fingerprint density at radius 2 is 1.31 bits per heavy atom. The summed E-state index contributed by atoms with van der Waals surface area (Å²) in [6.07, 6.45) is -17.8. The van der Waals surface area contributed by atoms with Crippen molar-refractivity contribution in [2.45, 2.75) is 171 Å². The molecule has 3 heterocycles. The van der Waals surface area contributed by atoms with Gasteiger partial charge in [-0.2, -0.15) is 0 Å². The van der Waals surface area contributed by atoms with E-state index < -0.39 is 123 Å². The molecule has 0 radical (unpaired) electrons. The van der Waals surface area contributed by atoms with Crippen molar-refractivity contribution in [3.8, 4) is 0 Å². The summed E-state index contributed by atoms with van der Waals surface area (Å²) in [6.45, 7) is 8.32. The minimum Gasteiger partial charge on any atom is -0.432 e. The Bertz CT molecular complexity index is 1350. The van der Waals surface area contributed by atoms with Crippen LogP contribution < -0.4 is 0 Å². The van der Waals surface area contributed by atoms with E-state index in [0.717, 1.165) is 24.8 Å². The highest BCUT2D eigenvalue weighted by Gasteiger charge is 2.63. The predicted octanol–water partition coefficient (Wildman–Crippen LogP) is -1.66. The molecule has 0 aromatic carbocycles. The lowest BCUT2D eigenvalue weighted by molar-refractivity contribution is -0.384. The van der Waals surface area contributed by atoms with E-state index in [-0.39, 0.29) is 29.1 Å². The first kappa shape index (κ1) is 43.2. The molecule has 17 nitrogen and oxygen atoms in total. The van der Waals surface area contributed by atoms with Crippen LogP contribution in [0.5, 0.6) is 0 Å². The van der Waals surface area contributed by atoms with Crippen molar-refractivity contribution in [1.82, 2.24) is 0 Å². The topological polar surface area (TPSA) is 275 Å². The molecule has 17 heteroatoms. The molecule has 55 heavy (non-hydrogen) atoms. The zero-order valence-corrected chi connectivity index (χ0v) is 31.8. The third kappa shape index (κ3) is 7.90. The minimum absolute atomic E-state index is 0.117. The van der Waals surface area contributed by atoms with Gasteiger partial charge in [-0.25, -0.2) is 0 Å². The van der Waals surface area contributed by atoms with E-state index in [1.807, 2.05) is 6.92 Å². The molecule has 3 saturated heterocycles. The molecule has 10 N–H and O–H groups in total. The summed E-state index contributed by atoms with van der Waals surface area (Å²) in [7, 11) is 0. The van der Waals surface area contributed by atoms with Crippen LogP contribution in [0.25, 0.3) is 0 Å². The third-order valence-corrected chi connectivity index (χ3v) is 14.1. The number of aliphatic hydroxyl groups is 10. The van der Waals surface area contributed by atoms with E-state index in [9.17, 15) is 55.9 Å². The van der Waals surface area contributed by atoms with Crippen LogP contribution in [0.3, 0.4) is 0 Å². The molecule has 6 fully saturated rings. The molecular formula is C38H62O17. The lowest BCUT2D eigenvalue weighted by atomic mass is 9.42. The van der Waals surface area contributed by atoms with E-state index in [0.29, 0.717) is 32.1 Å². The minimum atomic E-state index is -1.91. The Balaban J connectivity index is 1.32. The van der Waals surface area contributed by atoms with Crippen molar-refractivity contribution in [3.05, 3.63) is 12.2 Å². The van der Waals surface area contributed by atoms with Gasteiger partial charge in [-0.05, 0) is 80.1 Å². The smallest absolute Gasteiger partial charge is 0.314 e. The van der Waals surface area contributed by atoms with E-state index in [1.54, 1.807) is 0 Å². The van der Waals surface area contributed by atoms with E-state index in [4.69, 9.17) is 28.4 Å². The average molecular weight is 791 g/mol. The van der Waals surface area contributed by atoms with Crippen molar-refractivity contribution >= 4 is 5.97 Å². The van der Waals surface area contributed by atoms with Gasteiger partial charge in [0.25, 0.3) is 0 Å². The molecule has 0 aromatic rings. The maximum absolute atomic E-state index is 14.7. The van der Waals surface area contributed by atoms with E-state index in [2.05, 4.69) is 20.4 Å². The Hall–Kier alpha value is -1.39. The van der Waals surface area contributed by atoms with Crippen LogP contribution in [0, 0.1) is 28.1 Å². The maximum atomic E-state index is 14.7. The Kier molecular flexibility index (Phi) is 13.1. The van der Waals surface area contributed by atoms with Crippen LogP contribution in [-0.4, -0.2) is 169 Å². The number of esters is 1. The number of carbonyl (C=O) groups is 1. The summed E-state index contributed by atoms with van der Waals surface area (Å²) >= 11 is 0. The van der Waals surface area contributed by atoms with Crippen LogP contribution in [0.15, 0.2) is 12.2 Å². The van der Waals surface area contributed by atoms with Gasteiger partial charge < -0.3 is 79.5 Å². The van der Waals surface area contributed by atoms with Crippen molar-refractivity contribution < 1.29 is 84.3 Å². The lowest BCUT2D eigenvalue weighted by Gasteiger charge is -2.62. The van der Waals surface area contributed by atoms with Crippen LogP contribution in [0.2, 0.25) is 0 Å². The number of rotatable bonds is 9. The summed E-state index contributed by atoms with van der Waals surface area (Å²) in [6, 6.07) is 0. The highest BCUT2D eigenvalue weighted by molar-refractivity contribution is 5.77. The van der Waals surface area contributed by atoms with Gasteiger partial charge >= 0.3 is 5.97 Å². The van der Waals surface area contributed by atoms with Crippen LogP contribution in [-0.2, 0) is 33.2 Å². The average Bonchev–Trinajstić information content (AvgIpc) is 3.25. The summed E-state index contributed by atoms with van der Waals surface area (Å²) in [4.78, 5) is 14.7. The first-order valence-corrected chi connectivity index (χ1v) is 19.7. The van der Waals surface area contributed by atoms with Gasteiger partial charge in [0.1, 0.15) is 54.9 Å². The predicted molar refractivity (Wildman–Crippen MR) is 187 cm³/mol. The molecule has 6 aliphatic rings. The molecule has 20 atom stereocenters. The van der Waals surface area contributed by atoms with Gasteiger partial charge in [-0.3, -0.25) is 4.79 Å². The fraction of sp³-hybridized carbons (Fsp3) is 0.921. The SMILES string of the molecule is C=C1C[C@@]2(C)CC[C@H]3[C@@](C)(CCC[C@@]3(C)C(=O)OC3OC(CO)C(O)C(OC4OC(CO)C(O)C(O)C4O)C3OC3OC(CO)C(O)CC3O)[C@@H]2CC[C@@H]1O. The standard InChI is InChI=1S/C38H62O17/c1-17-13-36(2)11-8-25-37(3,24(36)7-6-18(17)42)9-5-10-38(25,4)35(49)55-34-31(54-32-20(44)12-19(43)21(14-39)50-32)30(27(46)23(16-41)52-34)53-33-29(48)28(47)26(45)22(15-40)51-33/h18-34,39-48H,1,5-16H2,2-4H3/t18-,19?,20?,21?,22?,23?,24+,25-,26?,27?,28?,29?,30?,31?,32?,33?,34?,36+,37-,38+/m0/s1. The first-order valence-electron chi connectivity index (χ1n) is 19.7. The van der Waals surface area contributed by atoms with Gasteiger partial charge in [0.2, 0.25) is 6.29 Å². The molecular weight excluding hydrogens is 728 g/mol. The van der Waals surface area contributed by atoms with Gasteiger partial charge in [0.05, 0.1) is 37.4 Å². The number of hydrogen-bond donors (Lipinski definition) is 10. The van der Waals surface area contributed by atoms with Crippen LogP contribution >= 0.6 is 0 Å². The Morgan fingerprint density at radius 1 is 0.691 bits per heavy atom. The number of hydrogen-bond acceptors (Lipinski definition) is 17. The Labute approximate surface area is 320 Å². The molecule has 3 aliphatic heterocycles. The zero-order valence-electron chi connectivity index (χ0n) is 31.8. The summed E-state index contributed by atoms with van der Waals surface area (Å²) < 4.78 is 35.6. The van der Waals surface area contributed by atoms with Crippen LogP contribution in [0.1, 0.15) is 78.6 Å². The number of ether oxygens (including phenoxy) is 6. The Morgan fingerprint density at radius 3 is 1.98 bits per heavy atom. The molecule has 0 aromatic heterocycles. The van der Waals surface area contributed by atoms with Crippen molar-refractivity contribution in [3.63, 3.8) is 0 Å². The number of fused-ring (bicyclic) bond motifs is 3. The quantitative estimate of drug-likeness (QED) is 0.0925. The molecule has 0 spiro atoms. The molecule has 0 amide bonds. The van der Waals surface area contributed by atoms with Crippen molar-refractivity contribution in [2.24, 2.45) is 28.1 Å². The highest BCUT2D eigenvalue weighted by Crippen LogP contribution is 2.67. The largest absolute Gasteiger partial charge is 0.432 e. The molecule has 6 rings (SSSR count). The maximum Gasteiger partial charge on any atom is 0.314 e. The first-order chi connectivity index (χ1) is 25.9. The summed E-state index contributed by atoms with van der Waals surface area (Å²) in [5, 5.41) is 105. The number of aliphatic hydroxyl groups excluding tert-OH is 10. The van der Waals surface area contributed by atoms with E-state index in [1.165, 1.54) is 0 Å². The van der Waals surface area contributed by atoms with Crippen molar-refractivity contribution in [2.75, 3.05) is 19.8 Å². The van der Waals surface area contributed by atoms with Crippen LogP contribution in [0.4, 0.5) is 0 Å². The van der Waals surface area contributed by atoms with Gasteiger partial charge in [-0.1, -0.05) is 26.8 Å². The second kappa shape index (κ2) is 16.7. The zero-order chi connectivity index (χ0) is 40.2. The molecule has 14 unspecified atom stereocenters. The summed E-state index contributed by atoms with van der Waals surface area (Å²) in [5.74, 6) is -0.592. The third-order valence-electron chi connectivity index (χ3n) is 14.1. The number of carbonyl (C=O) groups excluding carboxylic acids is 1. The van der Waals surface area contributed by atoms with Gasteiger partial charge in [0, 0.05) is 6.42 Å². The molecule has 3 saturated carbocycles. The molecule has 316 valence electrons.